The molecule has 0 unspecified atom stereocenters. The molecule has 1 aliphatic heterocycles. The number of fused-ring (bicyclic) bond motifs is 2. The standard InChI is InChI=1S/C26H25N11O2/c1-16-21(8-20(11-28-16)31-24(38)14-36-5-3-18-9-27-15-29-22(18)13-36)32-26(39)25-34-33-23-7-17(4-6-37(23)25)19-10-30-35(2)12-19/h4,6-12,15H,3,5,13-14H2,1-2H3,(H,31,38)(H,32,39). The second-order valence-electron chi connectivity index (χ2n) is 9.38. The second kappa shape index (κ2) is 10.0. The maximum absolute atomic E-state index is 13.1. The molecule has 0 atom stereocenters. The Hall–Kier alpha value is -5.04. The average Bonchev–Trinajstić information content (AvgIpc) is 3.56. The molecule has 0 saturated heterocycles. The van der Waals surface area contributed by atoms with E-state index in [4.69, 9.17) is 0 Å². The predicted octanol–water partition coefficient (Wildman–Crippen LogP) is 1.87. The van der Waals surface area contributed by atoms with E-state index in [-0.39, 0.29) is 18.3 Å². The molecular weight excluding hydrogens is 498 g/mol. The molecule has 0 bridgehead atoms. The largest absolute Gasteiger partial charge is 0.324 e. The van der Waals surface area contributed by atoms with Crippen LogP contribution in [0.15, 0.2) is 55.5 Å². The van der Waals surface area contributed by atoms with Crippen molar-refractivity contribution in [2.24, 2.45) is 7.05 Å². The zero-order valence-corrected chi connectivity index (χ0v) is 21.4. The Bertz CT molecular complexity index is 1710. The van der Waals surface area contributed by atoms with E-state index in [0.29, 0.717) is 29.3 Å². The topological polar surface area (TPSA) is 148 Å². The van der Waals surface area contributed by atoms with Gasteiger partial charge in [-0.05, 0) is 42.7 Å². The summed E-state index contributed by atoms with van der Waals surface area (Å²) in [5.41, 5.74) is 5.99. The monoisotopic (exact) mass is 523 g/mol. The Labute approximate surface area is 222 Å². The van der Waals surface area contributed by atoms with Crippen molar-refractivity contribution in [3.63, 3.8) is 0 Å². The molecule has 0 fully saturated rings. The molecule has 2 amide bonds. The molecule has 2 N–H and O–H groups in total. The van der Waals surface area contributed by atoms with Gasteiger partial charge in [-0.3, -0.25) is 28.6 Å². The van der Waals surface area contributed by atoms with E-state index in [9.17, 15) is 9.59 Å². The van der Waals surface area contributed by atoms with E-state index >= 15 is 0 Å². The van der Waals surface area contributed by atoms with Gasteiger partial charge in [0.25, 0.3) is 5.91 Å². The smallest absolute Gasteiger partial charge is 0.294 e. The van der Waals surface area contributed by atoms with Crippen LogP contribution in [0.1, 0.15) is 27.6 Å². The van der Waals surface area contributed by atoms with Crippen molar-refractivity contribution >= 4 is 28.8 Å². The summed E-state index contributed by atoms with van der Waals surface area (Å²) in [6, 6.07) is 5.40. The molecule has 0 saturated carbocycles. The number of pyridine rings is 2. The lowest BCUT2D eigenvalue weighted by Crippen LogP contribution is -2.37. The zero-order chi connectivity index (χ0) is 26.9. The molecule has 0 spiro atoms. The van der Waals surface area contributed by atoms with E-state index in [1.807, 2.05) is 36.5 Å². The van der Waals surface area contributed by atoms with Gasteiger partial charge in [-0.1, -0.05) is 0 Å². The van der Waals surface area contributed by atoms with Crippen molar-refractivity contribution in [1.82, 2.24) is 44.2 Å². The summed E-state index contributed by atoms with van der Waals surface area (Å²) in [4.78, 5) is 40.6. The number of aryl methyl sites for hydroxylation is 2. The third kappa shape index (κ3) is 5.07. The highest BCUT2D eigenvalue weighted by Gasteiger charge is 2.20. The molecular formula is C26H25N11O2. The van der Waals surface area contributed by atoms with Gasteiger partial charge in [0.1, 0.15) is 6.33 Å². The maximum Gasteiger partial charge on any atom is 0.294 e. The van der Waals surface area contributed by atoms with E-state index in [0.717, 1.165) is 35.3 Å². The summed E-state index contributed by atoms with van der Waals surface area (Å²) < 4.78 is 3.34. The lowest BCUT2D eigenvalue weighted by Gasteiger charge is -2.26. The number of carbonyl (C=O) groups excluding carboxylic acids is 2. The van der Waals surface area contributed by atoms with Crippen LogP contribution in [0.3, 0.4) is 0 Å². The highest BCUT2D eigenvalue weighted by atomic mass is 16.2. The Morgan fingerprint density at radius 3 is 2.79 bits per heavy atom. The summed E-state index contributed by atoms with van der Waals surface area (Å²) in [5.74, 6) is -0.493. The van der Waals surface area contributed by atoms with Crippen molar-refractivity contribution in [3.05, 3.63) is 78.3 Å². The Morgan fingerprint density at radius 2 is 1.95 bits per heavy atom. The maximum atomic E-state index is 13.1. The van der Waals surface area contributed by atoms with E-state index in [2.05, 4.69) is 40.9 Å². The lowest BCUT2D eigenvalue weighted by molar-refractivity contribution is -0.117. The summed E-state index contributed by atoms with van der Waals surface area (Å²) in [6.45, 7) is 3.33. The van der Waals surface area contributed by atoms with Crippen LogP contribution in [-0.4, -0.2) is 69.1 Å². The van der Waals surface area contributed by atoms with Crippen molar-refractivity contribution in [3.8, 4) is 11.1 Å². The Balaban J connectivity index is 1.13. The lowest BCUT2D eigenvalue weighted by atomic mass is 10.1. The fourth-order valence-electron chi connectivity index (χ4n) is 4.54. The van der Waals surface area contributed by atoms with Crippen LogP contribution >= 0.6 is 0 Å². The zero-order valence-electron chi connectivity index (χ0n) is 21.4. The molecule has 0 radical (unpaired) electrons. The van der Waals surface area contributed by atoms with E-state index < -0.39 is 5.91 Å². The first-order valence-corrected chi connectivity index (χ1v) is 12.3. The van der Waals surface area contributed by atoms with Gasteiger partial charge in [-0.15, -0.1) is 10.2 Å². The molecule has 5 aromatic heterocycles. The first kappa shape index (κ1) is 24.3. The van der Waals surface area contributed by atoms with Gasteiger partial charge < -0.3 is 10.6 Å². The van der Waals surface area contributed by atoms with Crippen molar-refractivity contribution in [1.29, 1.82) is 0 Å². The molecule has 6 rings (SSSR count). The normalized spacial score (nSPS) is 13.3. The van der Waals surface area contributed by atoms with Gasteiger partial charge in [-0.2, -0.15) is 5.10 Å². The first-order valence-electron chi connectivity index (χ1n) is 12.3. The van der Waals surface area contributed by atoms with Crippen LogP contribution in [-0.2, 0) is 24.8 Å². The van der Waals surface area contributed by atoms with Crippen molar-refractivity contribution < 1.29 is 9.59 Å². The minimum Gasteiger partial charge on any atom is -0.324 e. The summed E-state index contributed by atoms with van der Waals surface area (Å²) in [7, 11) is 1.85. The Morgan fingerprint density at radius 1 is 1.05 bits per heavy atom. The third-order valence-electron chi connectivity index (χ3n) is 6.59. The summed E-state index contributed by atoms with van der Waals surface area (Å²) >= 11 is 0. The molecule has 1 aliphatic rings. The minimum atomic E-state index is -0.445. The van der Waals surface area contributed by atoms with E-state index in [1.54, 1.807) is 40.7 Å². The van der Waals surface area contributed by atoms with Gasteiger partial charge in [0.15, 0.2) is 5.65 Å². The highest BCUT2D eigenvalue weighted by molar-refractivity contribution is 6.03. The summed E-state index contributed by atoms with van der Waals surface area (Å²) in [5, 5.41) is 18.2. The van der Waals surface area contributed by atoms with E-state index in [1.165, 1.54) is 6.33 Å². The number of carbonyl (C=O) groups is 2. The molecule has 39 heavy (non-hydrogen) atoms. The number of amides is 2. The number of nitrogens with one attached hydrogen (secondary N) is 2. The van der Waals surface area contributed by atoms with Crippen LogP contribution in [0.4, 0.5) is 11.4 Å². The minimum absolute atomic E-state index is 0.130. The number of nitrogens with zero attached hydrogens (tertiary/aromatic N) is 9. The fourth-order valence-corrected chi connectivity index (χ4v) is 4.54. The quantitative estimate of drug-likeness (QED) is 0.340. The van der Waals surface area contributed by atoms with Crippen molar-refractivity contribution in [2.45, 2.75) is 19.9 Å². The Kier molecular flexibility index (Phi) is 6.25. The van der Waals surface area contributed by atoms with Crippen LogP contribution in [0.2, 0.25) is 0 Å². The number of hydrogen-bond donors (Lipinski definition) is 2. The summed E-state index contributed by atoms with van der Waals surface area (Å²) in [6.07, 6.45) is 11.1. The molecule has 5 aromatic rings. The molecule has 196 valence electrons. The molecule has 0 aromatic carbocycles. The number of anilines is 2. The fraction of sp³-hybridized carbons (Fsp3) is 0.231. The SMILES string of the molecule is Cc1ncc(NC(=O)CN2CCc3cncnc3C2)cc1NC(=O)c1nnc2cc(-c3cnn(C)c3)ccn12. The average molecular weight is 524 g/mol. The first-order chi connectivity index (χ1) is 18.9. The van der Waals surface area contributed by atoms with Crippen LogP contribution in [0.25, 0.3) is 16.8 Å². The van der Waals surface area contributed by atoms with Crippen LogP contribution < -0.4 is 10.6 Å². The molecule has 0 aliphatic carbocycles. The molecule has 6 heterocycles. The second-order valence-corrected chi connectivity index (χ2v) is 9.38. The van der Waals surface area contributed by atoms with Gasteiger partial charge in [0.2, 0.25) is 11.7 Å². The molecule has 13 nitrogen and oxygen atoms in total. The van der Waals surface area contributed by atoms with Crippen molar-refractivity contribution in [2.75, 3.05) is 23.7 Å². The number of aromatic nitrogens is 8. The number of rotatable bonds is 6. The van der Waals surface area contributed by atoms with Gasteiger partial charge >= 0.3 is 0 Å². The highest BCUT2D eigenvalue weighted by Crippen LogP contribution is 2.22. The van der Waals surface area contributed by atoms with Gasteiger partial charge in [-0.25, -0.2) is 9.97 Å². The van der Waals surface area contributed by atoms with Crippen LogP contribution in [0, 0.1) is 6.92 Å². The third-order valence-corrected chi connectivity index (χ3v) is 6.59. The van der Waals surface area contributed by atoms with Crippen LogP contribution in [0.5, 0.6) is 0 Å². The predicted molar refractivity (Wildman–Crippen MR) is 142 cm³/mol. The molecule has 13 heteroatoms. The van der Waals surface area contributed by atoms with Gasteiger partial charge in [0, 0.05) is 44.3 Å². The number of hydrogen-bond acceptors (Lipinski definition) is 9. The van der Waals surface area contributed by atoms with Gasteiger partial charge in [0.05, 0.1) is 41.7 Å².